The number of quaternary nitrogens is 1. The summed E-state index contributed by atoms with van der Waals surface area (Å²) in [6.07, 6.45) is 0. The van der Waals surface area contributed by atoms with Gasteiger partial charge in [-0.2, -0.15) is 0 Å². The first-order chi connectivity index (χ1) is 5.24. The summed E-state index contributed by atoms with van der Waals surface area (Å²) in [6, 6.07) is 0. The summed E-state index contributed by atoms with van der Waals surface area (Å²) in [6.45, 7) is 0. The molecule has 2 aliphatic rings. The fraction of sp³-hybridized carbons (Fsp3) is 0. The van der Waals surface area contributed by atoms with Crippen LogP contribution in [0.25, 0.3) is 0 Å². The van der Waals surface area contributed by atoms with Crippen LogP contribution in [0.5, 0.6) is 0 Å². The standard InChI is InChI=1S/B4O7.H3N/c5-1-7-3-9-2(6)10-4(8-1)11-3;/h;1H3/q-2;/p+1. The average Bonchev–Trinajstić information content (AvgIpc) is 1.82. The van der Waals surface area contributed by atoms with Crippen LogP contribution < -0.4 is 16.2 Å². The van der Waals surface area contributed by atoms with Gasteiger partial charge >= 0.3 is 29.3 Å². The van der Waals surface area contributed by atoms with Crippen molar-refractivity contribution in [3.05, 3.63) is 0 Å². The van der Waals surface area contributed by atoms with Crippen LogP contribution in [0.3, 0.4) is 0 Å². The van der Waals surface area contributed by atoms with Crippen LogP contribution >= 0.6 is 0 Å². The van der Waals surface area contributed by atoms with Gasteiger partial charge in [0.15, 0.2) is 0 Å². The van der Waals surface area contributed by atoms with Gasteiger partial charge in [0.1, 0.15) is 0 Å². The van der Waals surface area contributed by atoms with Gasteiger partial charge in [-0.1, -0.05) is 0 Å². The molecule has 2 saturated heterocycles. The van der Waals surface area contributed by atoms with Crippen LogP contribution in [0.15, 0.2) is 0 Å². The summed E-state index contributed by atoms with van der Waals surface area (Å²) in [5.74, 6) is 0. The Labute approximate surface area is 69.4 Å². The molecule has 0 unspecified atom stereocenters. The minimum absolute atomic E-state index is 0. The Morgan fingerprint density at radius 3 is 1.33 bits per heavy atom. The lowest BCUT2D eigenvalue weighted by Crippen LogP contribution is -2.65. The number of hydrogen-bond donors (Lipinski definition) is 1. The monoisotopic (exact) mass is 174 g/mol. The van der Waals surface area contributed by atoms with Crippen LogP contribution in [0.2, 0.25) is 0 Å². The second kappa shape index (κ2) is 3.77. The fourth-order valence-corrected chi connectivity index (χ4v) is 0.710. The fourth-order valence-electron chi connectivity index (χ4n) is 0.710. The van der Waals surface area contributed by atoms with E-state index in [2.05, 4.69) is 22.9 Å². The molecular formula is H4B4NO7-. The summed E-state index contributed by atoms with van der Waals surface area (Å²) in [4.78, 5) is 0. The van der Waals surface area contributed by atoms with Gasteiger partial charge in [0.2, 0.25) is 0 Å². The van der Waals surface area contributed by atoms with Crippen LogP contribution in [-0.4, -0.2) is 29.3 Å². The van der Waals surface area contributed by atoms with Gasteiger partial charge in [-0.15, -0.1) is 0 Å². The van der Waals surface area contributed by atoms with E-state index >= 15 is 0 Å². The van der Waals surface area contributed by atoms with Gasteiger partial charge < -0.3 is 39.1 Å². The third kappa shape index (κ3) is 2.00. The topological polar surface area (TPSA) is 129 Å². The molecule has 64 valence electrons. The minimum atomic E-state index is -1.73. The van der Waals surface area contributed by atoms with E-state index in [1.54, 1.807) is 0 Å². The summed E-state index contributed by atoms with van der Waals surface area (Å²) >= 11 is 0. The van der Waals surface area contributed by atoms with E-state index in [9.17, 15) is 10.0 Å². The first-order valence-corrected chi connectivity index (χ1v) is 2.83. The van der Waals surface area contributed by atoms with Gasteiger partial charge in [0.25, 0.3) is 0 Å². The molecule has 2 aliphatic heterocycles. The van der Waals surface area contributed by atoms with Crippen molar-refractivity contribution in [3.63, 3.8) is 0 Å². The van der Waals surface area contributed by atoms with Gasteiger partial charge in [0.05, 0.1) is 0 Å². The quantitative estimate of drug-likeness (QED) is 0.371. The zero-order valence-corrected chi connectivity index (χ0v) is 6.17. The van der Waals surface area contributed by atoms with Crippen molar-refractivity contribution in [3.8, 4) is 0 Å². The van der Waals surface area contributed by atoms with Crippen molar-refractivity contribution >= 4 is 29.3 Å². The third-order valence-corrected chi connectivity index (χ3v) is 1.11. The first-order valence-electron chi connectivity index (χ1n) is 2.83. The molecule has 0 saturated carbocycles. The highest BCUT2D eigenvalue weighted by molar-refractivity contribution is 6.73. The highest BCUT2D eigenvalue weighted by Crippen LogP contribution is 2.12. The predicted molar refractivity (Wildman–Crippen MR) is 34.4 cm³/mol. The molecule has 0 aliphatic carbocycles. The Bertz CT molecular complexity index is 121. The normalized spacial score (nSPS) is 22.5. The molecule has 0 aromatic carbocycles. The maximum atomic E-state index is 10.5. The van der Waals surface area contributed by atoms with Crippen LogP contribution in [-0.2, 0) is 22.9 Å². The van der Waals surface area contributed by atoms with E-state index in [4.69, 9.17) is 0 Å². The summed E-state index contributed by atoms with van der Waals surface area (Å²) in [7, 11) is -6.00. The van der Waals surface area contributed by atoms with E-state index in [0.717, 1.165) is 0 Å². The van der Waals surface area contributed by atoms with Crippen molar-refractivity contribution < 1.29 is 32.9 Å². The maximum absolute atomic E-state index is 10.5. The van der Waals surface area contributed by atoms with Crippen molar-refractivity contribution in [1.29, 1.82) is 0 Å². The Hall–Kier alpha value is -0.0603. The second-order valence-electron chi connectivity index (χ2n) is 1.84. The average molecular weight is 173 g/mol. The lowest BCUT2D eigenvalue weighted by Gasteiger charge is -2.40. The molecule has 0 atom stereocenters. The maximum Gasteiger partial charge on any atom is 0.597 e. The van der Waals surface area contributed by atoms with Gasteiger partial charge in [-0.25, -0.2) is 0 Å². The highest BCUT2D eigenvalue weighted by atomic mass is 16.9. The van der Waals surface area contributed by atoms with Gasteiger partial charge in [0, 0.05) is 0 Å². The van der Waals surface area contributed by atoms with Crippen LogP contribution in [0.1, 0.15) is 0 Å². The molecule has 12 heteroatoms. The molecule has 12 heavy (non-hydrogen) atoms. The van der Waals surface area contributed by atoms with Crippen molar-refractivity contribution in [2.24, 2.45) is 0 Å². The van der Waals surface area contributed by atoms with Gasteiger partial charge in [-0.3, -0.25) is 0 Å². The highest BCUT2D eigenvalue weighted by Gasteiger charge is 2.44. The van der Waals surface area contributed by atoms with E-state index in [1.165, 1.54) is 0 Å². The minimum Gasteiger partial charge on any atom is -0.833 e. The van der Waals surface area contributed by atoms with Crippen molar-refractivity contribution in [2.45, 2.75) is 0 Å². The van der Waals surface area contributed by atoms with Gasteiger partial charge in [-0.05, 0) is 0 Å². The zero-order chi connectivity index (χ0) is 7.84. The first kappa shape index (κ1) is 10.0. The summed E-state index contributed by atoms with van der Waals surface area (Å²) in [5.41, 5.74) is 0. The third-order valence-electron chi connectivity index (χ3n) is 1.11. The molecule has 0 amide bonds. The largest absolute Gasteiger partial charge is 0.833 e. The lowest BCUT2D eigenvalue weighted by molar-refractivity contribution is -0.260. The number of fused-ring (bicyclic) bond motifs is 2. The lowest BCUT2D eigenvalue weighted by atomic mass is 9.90. The number of hydrogen-bond acceptors (Lipinski definition) is 7. The molecule has 0 spiro atoms. The Balaban J connectivity index is 0.000000720. The SMILES string of the molecule is [NH4+].[O-]B1OB2OB([O-])OB(O1)O2. The van der Waals surface area contributed by atoms with E-state index in [0.29, 0.717) is 0 Å². The Morgan fingerprint density at radius 2 is 1.00 bits per heavy atom. The summed E-state index contributed by atoms with van der Waals surface area (Å²) < 4.78 is 21.9. The molecule has 0 aromatic heterocycles. The van der Waals surface area contributed by atoms with E-state index < -0.39 is 29.3 Å². The molecule has 2 fully saturated rings. The molecule has 4 N–H and O–H groups in total. The second-order valence-corrected chi connectivity index (χ2v) is 1.84. The van der Waals surface area contributed by atoms with E-state index in [-0.39, 0.29) is 6.15 Å². The van der Waals surface area contributed by atoms with E-state index in [1.807, 2.05) is 0 Å². The molecule has 2 heterocycles. The molecule has 0 radical (unpaired) electrons. The smallest absolute Gasteiger partial charge is 0.597 e. The van der Waals surface area contributed by atoms with Crippen LogP contribution in [0.4, 0.5) is 0 Å². The Morgan fingerprint density at radius 1 is 0.667 bits per heavy atom. The predicted octanol–water partition coefficient (Wildman–Crippen LogP) is -3.87. The van der Waals surface area contributed by atoms with Crippen molar-refractivity contribution in [1.82, 2.24) is 6.15 Å². The van der Waals surface area contributed by atoms with Crippen molar-refractivity contribution in [2.75, 3.05) is 0 Å². The molecular weight excluding hydrogens is 169 g/mol. The summed E-state index contributed by atoms with van der Waals surface area (Å²) in [5, 5.41) is 21.0. The molecule has 2 rings (SSSR count). The molecule has 0 aromatic rings. The molecule has 8 nitrogen and oxygen atoms in total. The molecule has 2 bridgehead atoms. The number of rotatable bonds is 0. The van der Waals surface area contributed by atoms with Crippen LogP contribution in [0, 0.1) is 0 Å². The Kier molecular flexibility index (Phi) is 3.15. The zero-order valence-electron chi connectivity index (χ0n) is 6.17.